The first-order valence-electron chi connectivity index (χ1n) is 5.53. The Bertz CT molecular complexity index is 660. The summed E-state index contributed by atoms with van der Waals surface area (Å²) in [6, 6.07) is 11.3. The molecule has 1 aromatic heterocycles. The molecule has 90 valence electrons. The highest BCUT2D eigenvalue weighted by Crippen LogP contribution is 2.11. The molecule has 0 aliphatic rings. The molecule has 0 amide bonds. The molecule has 1 heterocycles. The third kappa shape index (κ3) is 2.44. The molecule has 0 atom stereocenters. The van der Waals surface area contributed by atoms with Crippen LogP contribution in [0, 0.1) is 11.8 Å². The zero-order valence-corrected chi connectivity index (χ0v) is 10.3. The van der Waals surface area contributed by atoms with E-state index in [1.807, 2.05) is 30.3 Å². The van der Waals surface area contributed by atoms with Crippen LogP contribution in [0.1, 0.15) is 11.1 Å². The Morgan fingerprint density at radius 1 is 1.11 bits per heavy atom. The first-order valence-corrected chi connectivity index (χ1v) is 5.53. The SMILES string of the molecule is COc1ccn(C)c(=O)c1C#Cc1ccccc1. The molecule has 0 spiro atoms. The fraction of sp³-hybridized carbons (Fsp3) is 0.133. The van der Waals surface area contributed by atoms with E-state index in [9.17, 15) is 4.79 Å². The van der Waals surface area contributed by atoms with Crippen LogP contribution in [-0.2, 0) is 7.05 Å². The van der Waals surface area contributed by atoms with Crippen molar-refractivity contribution in [1.29, 1.82) is 0 Å². The molecule has 18 heavy (non-hydrogen) atoms. The van der Waals surface area contributed by atoms with Gasteiger partial charge < -0.3 is 9.30 Å². The van der Waals surface area contributed by atoms with E-state index in [2.05, 4.69) is 11.8 Å². The van der Waals surface area contributed by atoms with Gasteiger partial charge in [0.2, 0.25) is 0 Å². The number of methoxy groups -OCH3 is 1. The van der Waals surface area contributed by atoms with Crippen molar-refractivity contribution in [3.63, 3.8) is 0 Å². The molecule has 0 N–H and O–H groups in total. The number of ether oxygens (including phenoxy) is 1. The predicted molar refractivity (Wildman–Crippen MR) is 70.7 cm³/mol. The van der Waals surface area contributed by atoms with E-state index in [4.69, 9.17) is 4.74 Å². The minimum atomic E-state index is -0.155. The summed E-state index contributed by atoms with van der Waals surface area (Å²) in [7, 11) is 3.22. The number of aryl methyl sites for hydroxylation is 1. The van der Waals surface area contributed by atoms with Crippen LogP contribution in [0.15, 0.2) is 47.4 Å². The first-order chi connectivity index (χ1) is 8.72. The van der Waals surface area contributed by atoms with Crippen molar-refractivity contribution in [2.45, 2.75) is 0 Å². The molecule has 2 rings (SSSR count). The zero-order valence-electron chi connectivity index (χ0n) is 10.3. The van der Waals surface area contributed by atoms with E-state index in [0.29, 0.717) is 11.3 Å². The summed E-state index contributed by atoms with van der Waals surface area (Å²) in [6.45, 7) is 0. The predicted octanol–water partition coefficient (Wildman–Crippen LogP) is 1.79. The van der Waals surface area contributed by atoms with Gasteiger partial charge in [-0.2, -0.15) is 0 Å². The summed E-state index contributed by atoms with van der Waals surface area (Å²) in [6.07, 6.45) is 1.66. The Morgan fingerprint density at radius 2 is 1.83 bits per heavy atom. The summed E-state index contributed by atoms with van der Waals surface area (Å²) < 4.78 is 6.64. The fourth-order valence-electron chi connectivity index (χ4n) is 1.55. The third-order valence-corrected chi connectivity index (χ3v) is 2.56. The van der Waals surface area contributed by atoms with E-state index >= 15 is 0 Å². The molecule has 3 nitrogen and oxygen atoms in total. The number of rotatable bonds is 1. The first kappa shape index (κ1) is 12.0. The minimum absolute atomic E-state index is 0.155. The lowest BCUT2D eigenvalue weighted by molar-refractivity contribution is 0.411. The lowest BCUT2D eigenvalue weighted by Crippen LogP contribution is -2.19. The van der Waals surface area contributed by atoms with Gasteiger partial charge in [-0.05, 0) is 18.2 Å². The summed E-state index contributed by atoms with van der Waals surface area (Å²) in [5, 5.41) is 0. The average molecular weight is 239 g/mol. The van der Waals surface area contributed by atoms with Crippen LogP contribution >= 0.6 is 0 Å². The van der Waals surface area contributed by atoms with Crippen LogP contribution < -0.4 is 10.3 Å². The van der Waals surface area contributed by atoms with Gasteiger partial charge in [-0.25, -0.2) is 0 Å². The quantitative estimate of drug-likeness (QED) is 0.710. The van der Waals surface area contributed by atoms with Gasteiger partial charge in [0, 0.05) is 18.8 Å². The Kier molecular flexibility index (Phi) is 3.49. The normalized spacial score (nSPS) is 9.44. The van der Waals surface area contributed by atoms with Crippen molar-refractivity contribution in [1.82, 2.24) is 4.57 Å². The van der Waals surface area contributed by atoms with Crippen LogP contribution in [0.25, 0.3) is 0 Å². The molecule has 0 fully saturated rings. The Labute approximate surface area is 106 Å². The van der Waals surface area contributed by atoms with Gasteiger partial charge in [-0.3, -0.25) is 4.79 Å². The van der Waals surface area contributed by atoms with Crippen LogP contribution in [0.5, 0.6) is 5.75 Å². The molecule has 2 aromatic rings. The molecule has 0 aliphatic carbocycles. The van der Waals surface area contributed by atoms with Crippen molar-refractivity contribution < 1.29 is 4.74 Å². The van der Waals surface area contributed by atoms with Crippen LogP contribution in [0.2, 0.25) is 0 Å². The van der Waals surface area contributed by atoms with E-state index in [0.717, 1.165) is 5.56 Å². The maximum atomic E-state index is 12.0. The molecule has 0 saturated heterocycles. The van der Waals surface area contributed by atoms with Crippen LogP contribution in [0.4, 0.5) is 0 Å². The number of hydrogen-bond donors (Lipinski definition) is 0. The number of hydrogen-bond acceptors (Lipinski definition) is 2. The lowest BCUT2D eigenvalue weighted by Gasteiger charge is -2.04. The lowest BCUT2D eigenvalue weighted by atomic mass is 10.2. The van der Waals surface area contributed by atoms with Crippen molar-refractivity contribution in [3.8, 4) is 17.6 Å². The third-order valence-electron chi connectivity index (χ3n) is 2.56. The maximum Gasteiger partial charge on any atom is 0.269 e. The summed E-state index contributed by atoms with van der Waals surface area (Å²) in [4.78, 5) is 12.0. The highest BCUT2D eigenvalue weighted by molar-refractivity contribution is 5.48. The van der Waals surface area contributed by atoms with Gasteiger partial charge >= 0.3 is 0 Å². The molecular weight excluding hydrogens is 226 g/mol. The molecule has 0 radical (unpaired) electrons. The molecule has 1 aromatic carbocycles. The second-order valence-corrected chi connectivity index (χ2v) is 3.79. The van der Waals surface area contributed by atoms with Gasteiger partial charge in [-0.15, -0.1) is 0 Å². The van der Waals surface area contributed by atoms with Crippen molar-refractivity contribution >= 4 is 0 Å². The molecule has 0 saturated carbocycles. The number of pyridine rings is 1. The van der Waals surface area contributed by atoms with Crippen molar-refractivity contribution in [2.75, 3.05) is 7.11 Å². The van der Waals surface area contributed by atoms with Gasteiger partial charge in [0.15, 0.2) is 0 Å². The fourth-order valence-corrected chi connectivity index (χ4v) is 1.55. The monoisotopic (exact) mass is 239 g/mol. The second kappa shape index (κ2) is 5.24. The standard InChI is InChI=1S/C15H13NO2/c1-16-11-10-14(18-2)13(15(16)17)9-8-12-6-4-3-5-7-12/h3-7,10-11H,1-2H3. The zero-order chi connectivity index (χ0) is 13.0. The molecular formula is C15H13NO2. The molecule has 3 heteroatoms. The van der Waals surface area contributed by atoms with Crippen LogP contribution in [-0.4, -0.2) is 11.7 Å². The van der Waals surface area contributed by atoms with Gasteiger partial charge in [0.1, 0.15) is 11.3 Å². The summed E-state index contributed by atoms with van der Waals surface area (Å²) in [5.74, 6) is 6.34. The Morgan fingerprint density at radius 3 is 2.50 bits per heavy atom. The van der Waals surface area contributed by atoms with Crippen molar-refractivity contribution in [3.05, 3.63) is 64.1 Å². The van der Waals surface area contributed by atoms with E-state index in [1.54, 1.807) is 19.3 Å². The number of aromatic nitrogens is 1. The highest BCUT2D eigenvalue weighted by Gasteiger charge is 2.05. The molecule has 0 unspecified atom stereocenters. The molecule has 0 aliphatic heterocycles. The minimum Gasteiger partial charge on any atom is -0.495 e. The summed E-state index contributed by atoms with van der Waals surface area (Å²) in [5.41, 5.74) is 1.09. The van der Waals surface area contributed by atoms with E-state index in [-0.39, 0.29) is 5.56 Å². The Hall–Kier alpha value is -2.47. The van der Waals surface area contributed by atoms with Crippen molar-refractivity contribution in [2.24, 2.45) is 7.05 Å². The highest BCUT2D eigenvalue weighted by atomic mass is 16.5. The summed E-state index contributed by atoms with van der Waals surface area (Å²) >= 11 is 0. The number of nitrogens with zero attached hydrogens (tertiary/aromatic N) is 1. The van der Waals surface area contributed by atoms with E-state index < -0.39 is 0 Å². The average Bonchev–Trinajstić information content (AvgIpc) is 2.41. The smallest absolute Gasteiger partial charge is 0.269 e. The molecule has 0 bridgehead atoms. The van der Waals surface area contributed by atoms with Gasteiger partial charge in [0.05, 0.1) is 7.11 Å². The number of benzene rings is 1. The van der Waals surface area contributed by atoms with E-state index in [1.165, 1.54) is 11.7 Å². The van der Waals surface area contributed by atoms with Crippen LogP contribution in [0.3, 0.4) is 0 Å². The van der Waals surface area contributed by atoms with Gasteiger partial charge in [-0.1, -0.05) is 30.0 Å². The second-order valence-electron chi connectivity index (χ2n) is 3.79. The maximum absolute atomic E-state index is 12.0. The topological polar surface area (TPSA) is 31.2 Å². The van der Waals surface area contributed by atoms with Gasteiger partial charge in [0.25, 0.3) is 5.56 Å². The largest absolute Gasteiger partial charge is 0.495 e. The Balaban J connectivity index is 2.50.